The van der Waals surface area contributed by atoms with Crippen molar-refractivity contribution in [3.8, 4) is 0 Å². The van der Waals surface area contributed by atoms with Crippen molar-refractivity contribution in [2.45, 2.75) is 31.8 Å². The van der Waals surface area contributed by atoms with E-state index in [0.29, 0.717) is 12.0 Å². The fourth-order valence-corrected chi connectivity index (χ4v) is 4.69. The van der Waals surface area contributed by atoms with E-state index in [4.69, 9.17) is 0 Å². The van der Waals surface area contributed by atoms with Gasteiger partial charge in [-0.3, -0.25) is 9.58 Å². The van der Waals surface area contributed by atoms with E-state index >= 15 is 0 Å². The second kappa shape index (κ2) is 5.95. The van der Waals surface area contributed by atoms with E-state index in [1.165, 1.54) is 23.8 Å². The van der Waals surface area contributed by atoms with Crippen LogP contribution in [-0.2, 0) is 28.3 Å². The molecule has 1 aromatic heterocycles. The fourth-order valence-electron chi connectivity index (χ4n) is 4.17. The highest BCUT2D eigenvalue weighted by atomic mass is 32.2. The highest BCUT2D eigenvalue weighted by Gasteiger charge is 2.60. The number of aryl methyl sites for hydroxylation is 2. The lowest BCUT2D eigenvalue weighted by atomic mass is 9.94. The SMILES string of the molecule is Cc1ccc(C23CC2CN(Cc2cnn(CCS(C)(=O)=O)c2)C3)cc1. The number of likely N-dealkylation sites (tertiary alicyclic amines) is 1. The molecule has 134 valence electrons. The Hall–Kier alpha value is -1.66. The average Bonchev–Trinajstić information content (AvgIpc) is 2.91. The second-order valence-corrected chi connectivity index (χ2v) is 10.1. The van der Waals surface area contributed by atoms with Crippen LogP contribution in [0.5, 0.6) is 0 Å². The summed E-state index contributed by atoms with van der Waals surface area (Å²) in [7, 11) is -2.95. The molecule has 1 saturated carbocycles. The molecule has 2 aliphatic rings. The predicted octanol–water partition coefficient (Wildman–Crippen LogP) is 2.01. The first kappa shape index (κ1) is 16.8. The van der Waals surface area contributed by atoms with Crippen molar-refractivity contribution in [1.29, 1.82) is 0 Å². The molecule has 0 N–H and O–H groups in total. The molecule has 1 aromatic carbocycles. The van der Waals surface area contributed by atoms with Crippen molar-refractivity contribution in [3.63, 3.8) is 0 Å². The van der Waals surface area contributed by atoms with Gasteiger partial charge in [-0.15, -0.1) is 0 Å². The highest BCUT2D eigenvalue weighted by molar-refractivity contribution is 7.90. The first-order valence-electron chi connectivity index (χ1n) is 8.83. The summed E-state index contributed by atoms with van der Waals surface area (Å²) in [5.74, 6) is 0.909. The Labute approximate surface area is 149 Å². The minimum Gasteiger partial charge on any atom is -0.298 e. The van der Waals surface area contributed by atoms with Gasteiger partial charge in [0.05, 0.1) is 18.5 Å². The average molecular weight is 359 g/mol. The minimum absolute atomic E-state index is 0.135. The zero-order valence-electron chi connectivity index (χ0n) is 14.9. The molecule has 0 bridgehead atoms. The summed E-state index contributed by atoms with van der Waals surface area (Å²) >= 11 is 0. The minimum atomic E-state index is -2.95. The van der Waals surface area contributed by atoms with Crippen LogP contribution in [-0.4, -0.2) is 48.2 Å². The zero-order chi connectivity index (χ0) is 17.7. The molecule has 2 unspecified atom stereocenters. The summed E-state index contributed by atoms with van der Waals surface area (Å²) in [6, 6.07) is 9.02. The van der Waals surface area contributed by atoms with Crippen molar-refractivity contribution in [2.24, 2.45) is 5.92 Å². The van der Waals surface area contributed by atoms with Crippen molar-refractivity contribution in [2.75, 3.05) is 25.1 Å². The largest absolute Gasteiger partial charge is 0.298 e. The van der Waals surface area contributed by atoms with Gasteiger partial charge in [-0.1, -0.05) is 29.8 Å². The quantitative estimate of drug-likeness (QED) is 0.792. The first-order chi connectivity index (χ1) is 11.8. The lowest BCUT2D eigenvalue weighted by Gasteiger charge is -2.20. The van der Waals surface area contributed by atoms with Crippen molar-refractivity contribution in [1.82, 2.24) is 14.7 Å². The summed E-state index contributed by atoms with van der Waals surface area (Å²) < 4.78 is 24.3. The molecule has 2 aromatic rings. The number of hydrogen-bond acceptors (Lipinski definition) is 4. The monoisotopic (exact) mass is 359 g/mol. The Kier molecular flexibility index (Phi) is 4.00. The van der Waals surface area contributed by atoms with Crippen LogP contribution < -0.4 is 0 Å². The molecule has 1 aliphatic heterocycles. The molecule has 1 aliphatic carbocycles. The van der Waals surface area contributed by atoms with Gasteiger partial charge in [0.1, 0.15) is 9.84 Å². The van der Waals surface area contributed by atoms with E-state index in [2.05, 4.69) is 41.2 Å². The van der Waals surface area contributed by atoms with E-state index in [9.17, 15) is 8.42 Å². The number of nitrogens with zero attached hydrogens (tertiary/aromatic N) is 3. The third-order valence-electron chi connectivity index (χ3n) is 5.63. The molecular weight excluding hydrogens is 334 g/mol. The molecule has 6 heteroatoms. The van der Waals surface area contributed by atoms with Gasteiger partial charge in [0.2, 0.25) is 0 Å². The van der Waals surface area contributed by atoms with Gasteiger partial charge < -0.3 is 0 Å². The summed E-state index contributed by atoms with van der Waals surface area (Å²) in [6.45, 7) is 5.70. The molecule has 0 amide bonds. The third-order valence-corrected chi connectivity index (χ3v) is 6.55. The number of piperidine rings is 1. The van der Waals surface area contributed by atoms with E-state index in [0.717, 1.165) is 31.1 Å². The lowest BCUT2D eigenvalue weighted by molar-refractivity contribution is 0.290. The lowest BCUT2D eigenvalue weighted by Crippen LogP contribution is -2.26. The maximum Gasteiger partial charge on any atom is 0.149 e. The number of fused-ring (bicyclic) bond motifs is 1. The molecular formula is C19H25N3O2S. The molecule has 2 atom stereocenters. The van der Waals surface area contributed by atoms with Gasteiger partial charge in [0.15, 0.2) is 0 Å². The Balaban J connectivity index is 1.38. The van der Waals surface area contributed by atoms with Gasteiger partial charge in [-0.25, -0.2) is 8.42 Å². The number of rotatable bonds is 6. The fraction of sp³-hybridized carbons (Fsp3) is 0.526. The van der Waals surface area contributed by atoms with Gasteiger partial charge in [-0.2, -0.15) is 5.10 Å². The molecule has 2 fully saturated rings. The van der Waals surface area contributed by atoms with Crippen LogP contribution >= 0.6 is 0 Å². The van der Waals surface area contributed by atoms with Gasteiger partial charge in [0.25, 0.3) is 0 Å². The van der Waals surface area contributed by atoms with Gasteiger partial charge in [-0.05, 0) is 24.8 Å². The van der Waals surface area contributed by atoms with Crippen LogP contribution in [0.3, 0.4) is 0 Å². The van der Waals surface area contributed by atoms with E-state index < -0.39 is 9.84 Å². The number of aromatic nitrogens is 2. The Morgan fingerprint density at radius 2 is 2.04 bits per heavy atom. The topological polar surface area (TPSA) is 55.2 Å². The maximum atomic E-state index is 11.3. The van der Waals surface area contributed by atoms with Crippen LogP contribution in [0.25, 0.3) is 0 Å². The van der Waals surface area contributed by atoms with Gasteiger partial charge in [0, 0.05) is 43.1 Å². The summed E-state index contributed by atoms with van der Waals surface area (Å²) in [5.41, 5.74) is 4.32. The molecule has 2 heterocycles. The molecule has 25 heavy (non-hydrogen) atoms. The van der Waals surface area contributed by atoms with Crippen molar-refractivity contribution < 1.29 is 8.42 Å². The first-order valence-corrected chi connectivity index (χ1v) is 10.9. The number of hydrogen-bond donors (Lipinski definition) is 0. The van der Waals surface area contributed by atoms with Crippen molar-refractivity contribution in [3.05, 3.63) is 53.3 Å². The molecule has 4 rings (SSSR count). The van der Waals surface area contributed by atoms with Crippen LogP contribution in [0.4, 0.5) is 0 Å². The van der Waals surface area contributed by atoms with Crippen molar-refractivity contribution >= 4 is 9.84 Å². The molecule has 1 saturated heterocycles. The van der Waals surface area contributed by atoms with Crippen LogP contribution in [0.2, 0.25) is 0 Å². The summed E-state index contributed by atoms with van der Waals surface area (Å²) in [4.78, 5) is 2.51. The van der Waals surface area contributed by atoms with Crippen LogP contribution in [0, 0.1) is 12.8 Å². The van der Waals surface area contributed by atoms with Crippen LogP contribution in [0.1, 0.15) is 23.1 Å². The summed E-state index contributed by atoms with van der Waals surface area (Å²) in [5, 5.41) is 4.30. The van der Waals surface area contributed by atoms with E-state index in [-0.39, 0.29) is 5.75 Å². The highest BCUT2D eigenvalue weighted by Crippen LogP contribution is 2.59. The Morgan fingerprint density at radius 3 is 2.76 bits per heavy atom. The van der Waals surface area contributed by atoms with Gasteiger partial charge >= 0.3 is 0 Å². The second-order valence-electron chi connectivity index (χ2n) is 7.83. The number of sulfone groups is 1. The summed E-state index contributed by atoms with van der Waals surface area (Å²) in [6.07, 6.45) is 6.41. The smallest absolute Gasteiger partial charge is 0.149 e. The normalized spacial score (nSPS) is 25.9. The Bertz CT molecular complexity index is 872. The predicted molar refractivity (Wildman–Crippen MR) is 98.2 cm³/mol. The zero-order valence-corrected chi connectivity index (χ0v) is 15.7. The maximum absolute atomic E-state index is 11.3. The van der Waals surface area contributed by atoms with E-state index in [1.807, 2.05) is 12.4 Å². The standard InChI is InChI=1S/C19H25N3O2S/c1-15-3-5-17(6-4-15)19-9-18(19)13-21(14-19)11-16-10-20-22(12-16)7-8-25(2,23)24/h3-6,10,12,18H,7-9,11,13-14H2,1-2H3. The molecule has 0 spiro atoms. The van der Waals surface area contributed by atoms with Crippen LogP contribution in [0.15, 0.2) is 36.7 Å². The third kappa shape index (κ3) is 3.51. The molecule has 5 nitrogen and oxygen atoms in total. The molecule has 0 radical (unpaired) electrons. The van der Waals surface area contributed by atoms with E-state index in [1.54, 1.807) is 4.68 Å². The number of benzene rings is 1. The Morgan fingerprint density at radius 1 is 1.28 bits per heavy atom.